The molecule has 1 saturated carbocycles. The van der Waals surface area contributed by atoms with E-state index in [1.807, 2.05) is 16.9 Å². The molecular weight excluding hydrogens is 385 g/mol. The van der Waals surface area contributed by atoms with Crippen molar-refractivity contribution in [2.45, 2.75) is 56.5 Å². The molecule has 156 valence electrons. The Morgan fingerprint density at radius 3 is 2.48 bits per heavy atom. The molecule has 27 heavy (non-hydrogen) atoms. The summed E-state index contributed by atoms with van der Waals surface area (Å²) in [6.07, 6.45) is 11.8. The number of amides is 1. The number of aromatic nitrogens is 2. The maximum absolute atomic E-state index is 13.2. The van der Waals surface area contributed by atoms with Gasteiger partial charge in [-0.3, -0.25) is 9.48 Å². The lowest BCUT2D eigenvalue weighted by Crippen LogP contribution is -2.56. The van der Waals surface area contributed by atoms with Crippen LogP contribution in [-0.4, -0.2) is 60.4 Å². The van der Waals surface area contributed by atoms with E-state index in [2.05, 4.69) is 34.7 Å². The Hall–Kier alpha value is -0.820. The first kappa shape index (κ1) is 24.2. The SMILES string of the molecule is CN(C)C(CNC(=O)C1(n2cccn2)CCNCC1)C1CCCCC1.Cl.Cl. The number of hydrogen-bond acceptors (Lipinski definition) is 4. The Bertz CT molecular complexity index is 540. The van der Waals surface area contributed by atoms with Crippen molar-refractivity contribution < 1.29 is 4.79 Å². The molecule has 1 saturated heterocycles. The molecule has 1 aromatic heterocycles. The Morgan fingerprint density at radius 1 is 1.26 bits per heavy atom. The van der Waals surface area contributed by atoms with Crippen molar-refractivity contribution >= 4 is 30.7 Å². The van der Waals surface area contributed by atoms with Gasteiger partial charge in [-0.15, -0.1) is 24.8 Å². The van der Waals surface area contributed by atoms with Gasteiger partial charge in [0, 0.05) is 25.0 Å². The van der Waals surface area contributed by atoms with Crippen molar-refractivity contribution in [2.75, 3.05) is 33.7 Å². The molecule has 3 rings (SSSR count). The molecular formula is C19H35Cl2N5O. The molecule has 2 N–H and O–H groups in total. The lowest BCUT2D eigenvalue weighted by molar-refractivity contribution is -0.132. The molecule has 1 aromatic rings. The van der Waals surface area contributed by atoms with Crippen LogP contribution in [0.4, 0.5) is 0 Å². The molecule has 1 aliphatic carbocycles. The van der Waals surface area contributed by atoms with E-state index in [-0.39, 0.29) is 30.7 Å². The highest BCUT2D eigenvalue weighted by Gasteiger charge is 2.42. The van der Waals surface area contributed by atoms with Crippen LogP contribution in [0.1, 0.15) is 44.9 Å². The smallest absolute Gasteiger partial charge is 0.248 e. The predicted octanol–water partition coefficient (Wildman–Crippen LogP) is 2.43. The maximum Gasteiger partial charge on any atom is 0.248 e. The lowest BCUT2D eigenvalue weighted by Gasteiger charge is -2.39. The molecule has 0 aromatic carbocycles. The fraction of sp³-hybridized carbons (Fsp3) is 0.789. The molecule has 1 amide bonds. The first-order valence-electron chi connectivity index (χ1n) is 9.79. The van der Waals surface area contributed by atoms with E-state index < -0.39 is 5.54 Å². The summed E-state index contributed by atoms with van der Waals surface area (Å²) in [6.45, 7) is 2.44. The van der Waals surface area contributed by atoms with Gasteiger partial charge in [0.2, 0.25) is 5.91 Å². The van der Waals surface area contributed by atoms with Crippen LogP contribution in [-0.2, 0) is 10.3 Å². The largest absolute Gasteiger partial charge is 0.352 e. The summed E-state index contributed by atoms with van der Waals surface area (Å²) in [4.78, 5) is 15.5. The third-order valence-electron chi connectivity index (χ3n) is 6.13. The van der Waals surface area contributed by atoms with E-state index in [1.54, 1.807) is 6.20 Å². The zero-order chi connectivity index (χ0) is 17.7. The quantitative estimate of drug-likeness (QED) is 0.742. The van der Waals surface area contributed by atoms with Gasteiger partial charge in [0.05, 0.1) is 0 Å². The molecule has 1 aliphatic heterocycles. The Labute approximate surface area is 175 Å². The average molecular weight is 420 g/mol. The second-order valence-electron chi connectivity index (χ2n) is 7.87. The highest BCUT2D eigenvalue weighted by atomic mass is 35.5. The summed E-state index contributed by atoms with van der Waals surface area (Å²) in [5.41, 5.74) is -0.543. The van der Waals surface area contributed by atoms with E-state index in [0.717, 1.165) is 32.5 Å². The summed E-state index contributed by atoms with van der Waals surface area (Å²) in [5, 5.41) is 11.1. The zero-order valence-electron chi connectivity index (χ0n) is 16.5. The van der Waals surface area contributed by atoms with E-state index in [0.29, 0.717) is 12.0 Å². The molecule has 0 radical (unpaired) electrons. The molecule has 8 heteroatoms. The number of hydrogen-bond donors (Lipinski definition) is 2. The van der Waals surface area contributed by atoms with Crippen LogP contribution in [0.5, 0.6) is 0 Å². The van der Waals surface area contributed by atoms with Crippen molar-refractivity contribution in [1.29, 1.82) is 0 Å². The monoisotopic (exact) mass is 419 g/mol. The van der Waals surface area contributed by atoms with Crippen LogP contribution in [0.2, 0.25) is 0 Å². The fourth-order valence-corrected chi connectivity index (χ4v) is 4.57. The topological polar surface area (TPSA) is 62.2 Å². The number of nitrogens with zero attached hydrogens (tertiary/aromatic N) is 3. The highest BCUT2D eigenvalue weighted by molar-refractivity contribution is 5.85. The van der Waals surface area contributed by atoms with Gasteiger partial charge < -0.3 is 15.5 Å². The molecule has 1 unspecified atom stereocenters. The second-order valence-corrected chi connectivity index (χ2v) is 7.87. The first-order chi connectivity index (χ1) is 12.1. The maximum atomic E-state index is 13.2. The third kappa shape index (κ3) is 5.59. The number of halogens is 2. The molecule has 2 heterocycles. The first-order valence-corrected chi connectivity index (χ1v) is 9.79. The van der Waals surface area contributed by atoms with Crippen molar-refractivity contribution in [3.63, 3.8) is 0 Å². The summed E-state index contributed by atoms with van der Waals surface area (Å²) in [6, 6.07) is 2.32. The highest BCUT2D eigenvalue weighted by Crippen LogP contribution is 2.29. The molecule has 0 spiro atoms. The van der Waals surface area contributed by atoms with Crippen LogP contribution in [0.25, 0.3) is 0 Å². The molecule has 6 nitrogen and oxygen atoms in total. The number of carbonyl (C=O) groups excluding carboxylic acids is 1. The molecule has 2 fully saturated rings. The third-order valence-corrected chi connectivity index (χ3v) is 6.13. The molecule has 0 bridgehead atoms. The van der Waals surface area contributed by atoms with Gasteiger partial charge in [-0.25, -0.2) is 0 Å². The summed E-state index contributed by atoms with van der Waals surface area (Å²) in [5.74, 6) is 0.818. The van der Waals surface area contributed by atoms with E-state index in [4.69, 9.17) is 0 Å². The van der Waals surface area contributed by atoms with E-state index >= 15 is 0 Å². The van der Waals surface area contributed by atoms with Crippen molar-refractivity contribution in [1.82, 2.24) is 25.3 Å². The van der Waals surface area contributed by atoms with Gasteiger partial charge in [-0.2, -0.15) is 5.10 Å². The van der Waals surface area contributed by atoms with Gasteiger partial charge in [0.25, 0.3) is 0 Å². The van der Waals surface area contributed by atoms with Gasteiger partial charge in [-0.05, 0) is 64.9 Å². The van der Waals surface area contributed by atoms with Gasteiger partial charge in [0.1, 0.15) is 5.54 Å². The minimum Gasteiger partial charge on any atom is -0.352 e. The summed E-state index contributed by atoms with van der Waals surface area (Å²) in [7, 11) is 4.28. The lowest BCUT2D eigenvalue weighted by atomic mass is 9.83. The fourth-order valence-electron chi connectivity index (χ4n) is 4.57. The zero-order valence-corrected chi connectivity index (χ0v) is 18.2. The minimum absolute atomic E-state index is 0. The Kier molecular flexibility index (Phi) is 10.1. The van der Waals surface area contributed by atoms with Crippen molar-refractivity contribution in [2.24, 2.45) is 5.92 Å². The van der Waals surface area contributed by atoms with E-state index in [9.17, 15) is 4.79 Å². The van der Waals surface area contributed by atoms with Gasteiger partial charge in [-0.1, -0.05) is 19.3 Å². The standard InChI is InChI=1S/C19H33N5O.2ClH/c1-23(2)17(16-7-4-3-5-8-16)15-21-18(25)19(9-12-20-13-10-19)24-14-6-11-22-24;;/h6,11,14,16-17,20H,3-5,7-10,12-13,15H2,1-2H3,(H,21,25);2*1H. The number of carbonyl (C=O) groups is 1. The van der Waals surface area contributed by atoms with Crippen LogP contribution in [0.15, 0.2) is 18.5 Å². The summed E-state index contributed by atoms with van der Waals surface area (Å²) >= 11 is 0. The van der Waals surface area contributed by atoms with Gasteiger partial charge in [0.15, 0.2) is 0 Å². The van der Waals surface area contributed by atoms with Crippen LogP contribution in [0, 0.1) is 5.92 Å². The van der Waals surface area contributed by atoms with Crippen molar-refractivity contribution in [3.8, 4) is 0 Å². The number of piperidine rings is 1. The predicted molar refractivity (Wildman–Crippen MR) is 114 cm³/mol. The summed E-state index contributed by atoms with van der Waals surface area (Å²) < 4.78 is 1.87. The average Bonchev–Trinajstić information content (AvgIpc) is 3.18. The Balaban J connectivity index is 0.00000182. The van der Waals surface area contributed by atoms with Crippen molar-refractivity contribution in [3.05, 3.63) is 18.5 Å². The number of nitrogens with one attached hydrogen (secondary N) is 2. The molecule has 1 atom stereocenters. The van der Waals surface area contributed by atoms with Crippen LogP contribution >= 0.6 is 24.8 Å². The van der Waals surface area contributed by atoms with Gasteiger partial charge >= 0.3 is 0 Å². The van der Waals surface area contributed by atoms with E-state index in [1.165, 1.54) is 32.1 Å². The number of likely N-dealkylation sites (N-methyl/N-ethyl adjacent to an activating group) is 1. The normalized spacial score (nSPS) is 21.0. The Morgan fingerprint density at radius 2 is 1.93 bits per heavy atom. The minimum atomic E-state index is -0.543. The van der Waals surface area contributed by atoms with Crippen LogP contribution in [0.3, 0.4) is 0 Å². The second kappa shape index (κ2) is 11.2. The number of rotatable bonds is 6. The molecule has 2 aliphatic rings. The van der Waals surface area contributed by atoms with Crippen LogP contribution < -0.4 is 10.6 Å².